The molecule has 4 nitrogen and oxygen atoms in total. The molecule has 1 heterocycles. The van der Waals surface area contributed by atoms with Crippen LogP contribution in [0, 0.1) is 0 Å². The highest BCUT2D eigenvalue weighted by Crippen LogP contribution is 2.18. The number of nitrogens with two attached hydrogens (primary N) is 1. The lowest BCUT2D eigenvalue weighted by Crippen LogP contribution is -2.37. The molecule has 96 valence electrons. The van der Waals surface area contributed by atoms with Gasteiger partial charge in [-0.3, -0.25) is 11.3 Å². The summed E-state index contributed by atoms with van der Waals surface area (Å²) in [6.45, 7) is 2.05. The van der Waals surface area contributed by atoms with E-state index in [0.29, 0.717) is 12.1 Å². The third-order valence-corrected chi connectivity index (χ3v) is 3.26. The molecule has 0 aromatic carbocycles. The maximum atomic E-state index is 5.61. The molecule has 1 saturated heterocycles. The summed E-state index contributed by atoms with van der Waals surface area (Å²) in [5.74, 6) is 5.55. The third-order valence-electron chi connectivity index (χ3n) is 3.26. The minimum atomic E-state index is 0.448. The lowest BCUT2D eigenvalue weighted by atomic mass is 10.0. The Bertz CT molecular complexity index is 170. The Balaban J connectivity index is 2.03. The highest BCUT2D eigenvalue weighted by molar-refractivity contribution is 4.69. The summed E-state index contributed by atoms with van der Waals surface area (Å²) in [6.07, 6.45) is 7.70. The molecule has 3 N–H and O–H groups in total. The lowest BCUT2D eigenvalue weighted by Gasteiger charge is -2.19. The van der Waals surface area contributed by atoms with Crippen molar-refractivity contribution in [2.24, 2.45) is 5.84 Å². The van der Waals surface area contributed by atoms with E-state index >= 15 is 0 Å². The van der Waals surface area contributed by atoms with Crippen molar-refractivity contribution in [1.29, 1.82) is 0 Å². The SMILES string of the molecule is CN(C)CCC(CCCC1CCCO1)NN. The van der Waals surface area contributed by atoms with Crippen LogP contribution < -0.4 is 11.3 Å². The molecule has 0 radical (unpaired) electrons. The molecule has 0 aromatic rings. The van der Waals surface area contributed by atoms with Gasteiger partial charge in [0.1, 0.15) is 0 Å². The predicted molar refractivity (Wildman–Crippen MR) is 67.1 cm³/mol. The van der Waals surface area contributed by atoms with E-state index in [0.717, 1.165) is 26.0 Å². The van der Waals surface area contributed by atoms with E-state index in [1.165, 1.54) is 25.7 Å². The summed E-state index contributed by atoms with van der Waals surface area (Å²) in [6, 6.07) is 0.448. The number of ether oxygens (including phenoxy) is 1. The van der Waals surface area contributed by atoms with Crippen molar-refractivity contribution in [2.45, 2.75) is 50.7 Å². The summed E-state index contributed by atoms with van der Waals surface area (Å²) in [5, 5.41) is 0. The fourth-order valence-electron chi connectivity index (χ4n) is 2.19. The molecule has 4 heteroatoms. The fourth-order valence-corrected chi connectivity index (χ4v) is 2.19. The number of nitrogens with zero attached hydrogens (tertiary/aromatic N) is 1. The molecule has 0 saturated carbocycles. The van der Waals surface area contributed by atoms with E-state index in [1.807, 2.05) is 0 Å². The molecular formula is C12H27N3O. The van der Waals surface area contributed by atoms with Crippen LogP contribution in [0.5, 0.6) is 0 Å². The van der Waals surface area contributed by atoms with Crippen molar-refractivity contribution in [1.82, 2.24) is 10.3 Å². The van der Waals surface area contributed by atoms with Crippen LogP contribution in [0.1, 0.15) is 38.5 Å². The van der Waals surface area contributed by atoms with Crippen LogP contribution in [0.15, 0.2) is 0 Å². The summed E-state index contributed by atoms with van der Waals surface area (Å²) < 4.78 is 5.61. The molecule has 0 aromatic heterocycles. The predicted octanol–water partition coefficient (Wildman–Crippen LogP) is 1.12. The molecule has 2 atom stereocenters. The smallest absolute Gasteiger partial charge is 0.0576 e. The highest BCUT2D eigenvalue weighted by atomic mass is 16.5. The van der Waals surface area contributed by atoms with Crippen molar-refractivity contribution >= 4 is 0 Å². The summed E-state index contributed by atoms with van der Waals surface area (Å²) in [7, 11) is 4.19. The van der Waals surface area contributed by atoms with E-state index in [4.69, 9.17) is 10.6 Å². The first-order valence-electron chi connectivity index (χ1n) is 6.45. The third kappa shape index (κ3) is 5.80. The van der Waals surface area contributed by atoms with Crippen molar-refractivity contribution < 1.29 is 4.74 Å². The maximum Gasteiger partial charge on any atom is 0.0576 e. The number of hydrazine groups is 1. The monoisotopic (exact) mass is 229 g/mol. The Labute approximate surface area is 99.5 Å². The number of rotatable bonds is 8. The zero-order chi connectivity index (χ0) is 11.8. The zero-order valence-electron chi connectivity index (χ0n) is 10.7. The Morgan fingerprint density at radius 2 is 2.25 bits per heavy atom. The van der Waals surface area contributed by atoms with Gasteiger partial charge < -0.3 is 9.64 Å². The van der Waals surface area contributed by atoms with Crippen molar-refractivity contribution in [3.05, 3.63) is 0 Å². The first-order valence-corrected chi connectivity index (χ1v) is 6.45. The van der Waals surface area contributed by atoms with Crippen LogP contribution in [0.3, 0.4) is 0 Å². The van der Waals surface area contributed by atoms with Gasteiger partial charge in [0, 0.05) is 12.6 Å². The van der Waals surface area contributed by atoms with Gasteiger partial charge in [-0.05, 0) is 59.2 Å². The minimum absolute atomic E-state index is 0.448. The van der Waals surface area contributed by atoms with Crippen LogP contribution in [-0.4, -0.2) is 44.3 Å². The van der Waals surface area contributed by atoms with E-state index < -0.39 is 0 Å². The van der Waals surface area contributed by atoms with Gasteiger partial charge in [-0.2, -0.15) is 0 Å². The van der Waals surface area contributed by atoms with E-state index in [2.05, 4.69) is 24.4 Å². The Hall–Kier alpha value is -0.160. The molecule has 1 rings (SSSR count). The molecule has 0 bridgehead atoms. The molecule has 16 heavy (non-hydrogen) atoms. The van der Waals surface area contributed by atoms with E-state index in [1.54, 1.807) is 0 Å². The van der Waals surface area contributed by atoms with Crippen molar-refractivity contribution in [3.8, 4) is 0 Å². The lowest BCUT2D eigenvalue weighted by molar-refractivity contribution is 0.101. The van der Waals surface area contributed by atoms with Crippen molar-refractivity contribution in [2.75, 3.05) is 27.2 Å². The minimum Gasteiger partial charge on any atom is -0.378 e. The topological polar surface area (TPSA) is 50.5 Å². The van der Waals surface area contributed by atoms with Crippen LogP contribution in [-0.2, 0) is 4.74 Å². The molecule has 1 fully saturated rings. The van der Waals surface area contributed by atoms with Crippen LogP contribution >= 0.6 is 0 Å². The van der Waals surface area contributed by atoms with Gasteiger partial charge >= 0.3 is 0 Å². The Kier molecular flexibility index (Phi) is 6.96. The Morgan fingerprint density at radius 1 is 1.44 bits per heavy atom. The fraction of sp³-hybridized carbons (Fsp3) is 1.00. The molecular weight excluding hydrogens is 202 g/mol. The largest absolute Gasteiger partial charge is 0.378 e. The first kappa shape index (κ1) is 13.9. The number of nitrogens with one attached hydrogen (secondary N) is 1. The molecule has 0 amide bonds. The summed E-state index contributed by atoms with van der Waals surface area (Å²) >= 11 is 0. The van der Waals surface area contributed by atoms with E-state index in [-0.39, 0.29) is 0 Å². The second-order valence-corrected chi connectivity index (χ2v) is 5.02. The van der Waals surface area contributed by atoms with Gasteiger partial charge in [0.15, 0.2) is 0 Å². The van der Waals surface area contributed by atoms with Gasteiger partial charge in [0.05, 0.1) is 6.10 Å². The van der Waals surface area contributed by atoms with Crippen LogP contribution in [0.2, 0.25) is 0 Å². The van der Waals surface area contributed by atoms with Crippen LogP contribution in [0.25, 0.3) is 0 Å². The molecule has 0 spiro atoms. The highest BCUT2D eigenvalue weighted by Gasteiger charge is 2.15. The summed E-state index contributed by atoms with van der Waals surface area (Å²) in [5.41, 5.74) is 2.92. The average Bonchev–Trinajstić information content (AvgIpc) is 2.75. The average molecular weight is 229 g/mol. The van der Waals surface area contributed by atoms with Gasteiger partial charge in [0.25, 0.3) is 0 Å². The number of hydrogen-bond donors (Lipinski definition) is 2. The van der Waals surface area contributed by atoms with Gasteiger partial charge in [-0.15, -0.1) is 0 Å². The van der Waals surface area contributed by atoms with E-state index in [9.17, 15) is 0 Å². The van der Waals surface area contributed by atoms with Crippen LogP contribution in [0.4, 0.5) is 0 Å². The standard InChI is InChI=1S/C12H27N3O/c1-15(2)9-8-11(14-13)5-3-6-12-7-4-10-16-12/h11-12,14H,3-10,13H2,1-2H3. The Morgan fingerprint density at radius 3 is 2.81 bits per heavy atom. The maximum absolute atomic E-state index is 5.61. The van der Waals surface area contributed by atoms with Gasteiger partial charge in [-0.25, -0.2) is 0 Å². The normalized spacial score (nSPS) is 22.9. The quantitative estimate of drug-likeness (QED) is 0.484. The second-order valence-electron chi connectivity index (χ2n) is 5.02. The number of hydrogen-bond acceptors (Lipinski definition) is 4. The zero-order valence-corrected chi connectivity index (χ0v) is 10.7. The van der Waals surface area contributed by atoms with Crippen molar-refractivity contribution in [3.63, 3.8) is 0 Å². The van der Waals surface area contributed by atoms with Gasteiger partial charge in [-0.1, -0.05) is 0 Å². The molecule has 1 aliphatic heterocycles. The molecule has 0 aliphatic carbocycles. The first-order chi connectivity index (χ1) is 7.72. The molecule has 2 unspecified atom stereocenters. The summed E-state index contributed by atoms with van der Waals surface area (Å²) in [4.78, 5) is 2.20. The second kappa shape index (κ2) is 8.01. The molecule has 1 aliphatic rings. The van der Waals surface area contributed by atoms with Gasteiger partial charge in [0.2, 0.25) is 0 Å².